The number of nitrogens with one attached hydrogen (secondary N) is 1. The number of aromatic nitrogens is 2. The van der Waals surface area contributed by atoms with E-state index >= 15 is 0 Å². The van der Waals surface area contributed by atoms with E-state index in [9.17, 15) is 9.59 Å². The van der Waals surface area contributed by atoms with Crippen LogP contribution in [0.2, 0.25) is 0 Å². The highest BCUT2D eigenvalue weighted by Gasteiger charge is 2.24. The van der Waals surface area contributed by atoms with E-state index in [1.807, 2.05) is 42.3 Å². The summed E-state index contributed by atoms with van der Waals surface area (Å²) >= 11 is 0. The van der Waals surface area contributed by atoms with Crippen LogP contribution in [-0.4, -0.2) is 40.0 Å². The molecule has 6 nitrogen and oxygen atoms in total. The van der Waals surface area contributed by atoms with Gasteiger partial charge in [-0.3, -0.25) is 14.7 Å². The summed E-state index contributed by atoms with van der Waals surface area (Å²) in [5, 5.41) is 6.96. The Labute approximate surface area is 183 Å². The summed E-state index contributed by atoms with van der Waals surface area (Å²) in [6, 6.07) is 18.6. The number of carbonyl (C=O) groups excluding carboxylic acids is 2. The topological polar surface area (TPSA) is 92.1 Å². The molecule has 1 fully saturated rings. The third-order valence-electron chi connectivity index (χ3n) is 5.70. The average molecular weight is 419 g/mol. The molecule has 3 N–H and O–H groups in total. The Morgan fingerprint density at radius 3 is 1.97 bits per heavy atom. The van der Waals surface area contributed by atoms with Gasteiger partial charge in [0.25, 0.3) is 5.91 Å². The Morgan fingerprint density at radius 1 is 0.968 bits per heavy atom. The minimum atomic E-state index is -0.245. The predicted octanol–water partition coefficient (Wildman–Crippen LogP) is 4.64. The standard InChI is InChI=1S/C22H23N3O.C3H7NO/c1-25(20-4-2-3-5-20)22(26)19-12-8-17(9-13-19)16-6-10-18(11-7-16)21-14-15-23-24-21;1-2-3(4)5/h6-15,20H,2-5H2,1H3,(H,23,24);2H2,1H3,(H2,4,5). The highest BCUT2D eigenvalue weighted by atomic mass is 16.2. The fourth-order valence-electron chi connectivity index (χ4n) is 3.73. The van der Waals surface area contributed by atoms with Gasteiger partial charge >= 0.3 is 0 Å². The zero-order valence-electron chi connectivity index (χ0n) is 18.2. The molecular formula is C25H30N4O2. The molecule has 1 saturated carbocycles. The first-order valence-electron chi connectivity index (χ1n) is 10.7. The fourth-order valence-corrected chi connectivity index (χ4v) is 3.73. The molecule has 0 radical (unpaired) electrons. The number of nitrogens with two attached hydrogens (primary N) is 1. The van der Waals surface area contributed by atoms with Gasteiger partial charge in [0.1, 0.15) is 0 Å². The molecule has 0 bridgehead atoms. The number of nitrogens with zero attached hydrogens (tertiary/aromatic N) is 2. The maximum absolute atomic E-state index is 12.7. The highest BCUT2D eigenvalue weighted by molar-refractivity contribution is 5.94. The second-order valence-electron chi connectivity index (χ2n) is 7.80. The Hall–Kier alpha value is -3.41. The lowest BCUT2D eigenvalue weighted by Gasteiger charge is -2.24. The van der Waals surface area contributed by atoms with Crippen LogP contribution in [0.3, 0.4) is 0 Å². The largest absolute Gasteiger partial charge is 0.370 e. The Morgan fingerprint density at radius 2 is 1.48 bits per heavy atom. The number of carbonyl (C=O) groups is 2. The smallest absolute Gasteiger partial charge is 0.253 e. The van der Waals surface area contributed by atoms with Crippen LogP contribution >= 0.6 is 0 Å². The van der Waals surface area contributed by atoms with E-state index in [1.165, 1.54) is 12.8 Å². The van der Waals surface area contributed by atoms with Crippen molar-refractivity contribution in [2.75, 3.05) is 7.05 Å². The van der Waals surface area contributed by atoms with Crippen LogP contribution in [0.25, 0.3) is 22.4 Å². The van der Waals surface area contributed by atoms with Crippen LogP contribution in [0.1, 0.15) is 49.4 Å². The number of H-pyrrole nitrogens is 1. The summed E-state index contributed by atoms with van der Waals surface area (Å²) in [5.41, 5.74) is 9.78. The van der Waals surface area contributed by atoms with Crippen LogP contribution in [0.15, 0.2) is 60.8 Å². The van der Waals surface area contributed by atoms with Crippen molar-refractivity contribution < 1.29 is 9.59 Å². The maximum atomic E-state index is 12.7. The molecule has 162 valence electrons. The van der Waals surface area contributed by atoms with E-state index in [0.717, 1.165) is 40.8 Å². The molecule has 0 saturated heterocycles. The predicted molar refractivity (Wildman–Crippen MR) is 123 cm³/mol. The van der Waals surface area contributed by atoms with Crippen molar-refractivity contribution in [1.82, 2.24) is 15.1 Å². The van der Waals surface area contributed by atoms with Crippen molar-refractivity contribution in [3.8, 4) is 22.4 Å². The minimum absolute atomic E-state index is 0.123. The van der Waals surface area contributed by atoms with Crippen molar-refractivity contribution in [1.29, 1.82) is 0 Å². The number of primary amides is 1. The fraction of sp³-hybridized carbons (Fsp3) is 0.320. The Balaban J connectivity index is 0.000000491. The molecule has 0 aliphatic heterocycles. The van der Waals surface area contributed by atoms with Crippen molar-refractivity contribution >= 4 is 11.8 Å². The van der Waals surface area contributed by atoms with Gasteiger partial charge in [-0.05, 0) is 47.7 Å². The summed E-state index contributed by atoms with van der Waals surface area (Å²) in [5.74, 6) is -0.122. The monoisotopic (exact) mass is 418 g/mol. The number of aromatic amines is 1. The molecule has 31 heavy (non-hydrogen) atoms. The molecule has 3 aromatic rings. The summed E-state index contributed by atoms with van der Waals surface area (Å²) in [6.07, 6.45) is 6.92. The molecule has 1 aliphatic carbocycles. The average Bonchev–Trinajstić information content (AvgIpc) is 3.53. The molecule has 6 heteroatoms. The molecule has 0 spiro atoms. The summed E-state index contributed by atoms with van der Waals surface area (Å²) < 4.78 is 0. The van der Waals surface area contributed by atoms with E-state index < -0.39 is 0 Å². The quantitative estimate of drug-likeness (QED) is 0.632. The maximum Gasteiger partial charge on any atom is 0.253 e. The molecule has 0 unspecified atom stereocenters. The number of hydrogen-bond acceptors (Lipinski definition) is 3. The number of hydrogen-bond donors (Lipinski definition) is 2. The van der Waals surface area contributed by atoms with E-state index in [2.05, 4.69) is 40.2 Å². The van der Waals surface area contributed by atoms with Gasteiger partial charge in [0.15, 0.2) is 0 Å². The van der Waals surface area contributed by atoms with Crippen molar-refractivity contribution in [2.24, 2.45) is 5.73 Å². The highest BCUT2D eigenvalue weighted by Crippen LogP contribution is 2.26. The number of rotatable bonds is 5. The van der Waals surface area contributed by atoms with Crippen LogP contribution < -0.4 is 5.73 Å². The van der Waals surface area contributed by atoms with Gasteiger partial charge in [0.05, 0.1) is 5.69 Å². The molecule has 1 heterocycles. The van der Waals surface area contributed by atoms with Gasteiger partial charge in [0, 0.05) is 31.3 Å². The summed E-state index contributed by atoms with van der Waals surface area (Å²) in [6.45, 7) is 1.72. The van der Waals surface area contributed by atoms with E-state index in [4.69, 9.17) is 0 Å². The molecular weight excluding hydrogens is 388 g/mol. The zero-order chi connectivity index (χ0) is 22.2. The first kappa shape index (κ1) is 22.3. The third kappa shape index (κ3) is 5.81. The third-order valence-corrected chi connectivity index (χ3v) is 5.70. The SMILES string of the molecule is CCC(N)=O.CN(C(=O)c1ccc(-c2ccc(-c3ccn[nH]3)cc2)cc1)C1CCCC1. The molecule has 1 aromatic heterocycles. The van der Waals surface area contributed by atoms with E-state index in [-0.39, 0.29) is 11.8 Å². The summed E-state index contributed by atoms with van der Waals surface area (Å²) in [7, 11) is 1.93. The van der Waals surface area contributed by atoms with Crippen LogP contribution in [0.4, 0.5) is 0 Å². The first-order chi connectivity index (χ1) is 15.0. The van der Waals surface area contributed by atoms with Gasteiger partial charge in [-0.1, -0.05) is 56.2 Å². The second-order valence-corrected chi connectivity index (χ2v) is 7.80. The molecule has 2 aromatic carbocycles. The lowest BCUT2D eigenvalue weighted by Crippen LogP contribution is -2.35. The molecule has 0 atom stereocenters. The van der Waals surface area contributed by atoms with Crippen molar-refractivity contribution in [3.05, 3.63) is 66.4 Å². The van der Waals surface area contributed by atoms with E-state index in [0.29, 0.717) is 12.5 Å². The lowest BCUT2D eigenvalue weighted by atomic mass is 10.0. The van der Waals surface area contributed by atoms with Crippen molar-refractivity contribution in [3.63, 3.8) is 0 Å². The van der Waals surface area contributed by atoms with E-state index in [1.54, 1.807) is 13.1 Å². The normalized spacial score (nSPS) is 13.4. The zero-order valence-corrected chi connectivity index (χ0v) is 18.2. The number of benzene rings is 2. The first-order valence-corrected chi connectivity index (χ1v) is 10.7. The van der Waals surface area contributed by atoms with Gasteiger partial charge in [-0.2, -0.15) is 5.10 Å². The van der Waals surface area contributed by atoms with Crippen LogP contribution in [0, 0.1) is 0 Å². The lowest BCUT2D eigenvalue weighted by molar-refractivity contribution is -0.117. The second kappa shape index (κ2) is 10.6. The summed E-state index contributed by atoms with van der Waals surface area (Å²) in [4.78, 5) is 24.2. The van der Waals surface area contributed by atoms with Crippen molar-refractivity contribution in [2.45, 2.75) is 45.1 Å². The van der Waals surface area contributed by atoms with Crippen LogP contribution in [0.5, 0.6) is 0 Å². The minimum Gasteiger partial charge on any atom is -0.370 e. The van der Waals surface area contributed by atoms with Gasteiger partial charge in [-0.25, -0.2) is 0 Å². The molecule has 1 aliphatic rings. The Bertz CT molecular complexity index is 973. The van der Waals surface area contributed by atoms with Gasteiger partial charge in [0.2, 0.25) is 5.91 Å². The van der Waals surface area contributed by atoms with Crippen LogP contribution in [-0.2, 0) is 4.79 Å². The molecule has 4 rings (SSSR count). The number of amides is 2. The molecule has 2 amide bonds. The van der Waals surface area contributed by atoms with Gasteiger partial charge < -0.3 is 10.6 Å². The van der Waals surface area contributed by atoms with Gasteiger partial charge in [-0.15, -0.1) is 0 Å². The Kier molecular flexibility index (Phi) is 7.60.